The first-order valence-corrected chi connectivity index (χ1v) is 8.80. The Kier molecular flexibility index (Phi) is 10.2. The zero-order chi connectivity index (χ0) is 17.6. The fourth-order valence-electron chi connectivity index (χ4n) is 2.17. The lowest BCUT2D eigenvalue weighted by Crippen LogP contribution is -2.02. The Bertz CT molecular complexity index is 534. The minimum Gasteiger partial charge on any atom is -0.508 e. The Hall–Kier alpha value is -2.17. The number of phenols is 2. The lowest BCUT2D eigenvalue weighted by atomic mass is 10.2. The molecule has 2 rings (SSSR count). The largest absolute Gasteiger partial charge is 0.508 e. The summed E-state index contributed by atoms with van der Waals surface area (Å²) in [6.45, 7) is 4.42. The summed E-state index contributed by atoms with van der Waals surface area (Å²) >= 11 is 0. The molecular weight excluding hydrogens is 302 g/mol. The molecule has 0 aliphatic carbocycles. The summed E-state index contributed by atoms with van der Waals surface area (Å²) in [4.78, 5) is 12.9. The Morgan fingerprint density at radius 1 is 0.792 bits per heavy atom. The Morgan fingerprint density at radius 2 is 1.29 bits per heavy atom. The highest BCUT2D eigenvalue weighted by Crippen LogP contribution is 2.14. The normalized spacial score (nSPS) is 10.1. The summed E-state index contributed by atoms with van der Waals surface area (Å²) in [6.07, 6.45) is 11.0. The van der Waals surface area contributed by atoms with E-state index in [2.05, 4.69) is 28.8 Å². The molecule has 24 heavy (non-hydrogen) atoms. The van der Waals surface area contributed by atoms with Gasteiger partial charge in [0.2, 0.25) is 0 Å². The second-order valence-corrected chi connectivity index (χ2v) is 5.75. The number of nitrogens with zero attached hydrogens (tertiary/aromatic N) is 3. The fourth-order valence-corrected chi connectivity index (χ4v) is 2.17. The summed E-state index contributed by atoms with van der Waals surface area (Å²) in [5.74, 6) is 2.11. The predicted molar refractivity (Wildman–Crippen MR) is 96.1 cm³/mol. The van der Waals surface area contributed by atoms with Crippen molar-refractivity contribution < 1.29 is 10.2 Å². The van der Waals surface area contributed by atoms with Gasteiger partial charge in [0.25, 0.3) is 0 Å². The minimum atomic E-state index is 0.0880. The third-order valence-electron chi connectivity index (χ3n) is 3.51. The van der Waals surface area contributed by atoms with E-state index < -0.39 is 0 Å². The van der Waals surface area contributed by atoms with E-state index in [1.165, 1.54) is 56.7 Å². The Morgan fingerprint density at radius 3 is 1.67 bits per heavy atom. The zero-order valence-electron chi connectivity index (χ0n) is 14.8. The number of benzene rings is 1. The molecule has 0 fully saturated rings. The first-order valence-electron chi connectivity index (χ1n) is 8.80. The Labute approximate surface area is 144 Å². The van der Waals surface area contributed by atoms with Gasteiger partial charge in [-0.3, -0.25) is 0 Å². The van der Waals surface area contributed by atoms with Gasteiger partial charge in [-0.2, -0.15) is 0 Å². The molecule has 0 unspecified atom stereocenters. The van der Waals surface area contributed by atoms with Crippen molar-refractivity contribution in [2.45, 2.75) is 65.2 Å². The number of rotatable bonds is 8. The maximum Gasteiger partial charge on any atom is 0.132 e. The number of hydrogen-bond acceptors (Lipinski definition) is 5. The number of aryl methyl sites for hydroxylation is 2. The van der Waals surface area contributed by atoms with Crippen LogP contribution >= 0.6 is 0 Å². The van der Waals surface area contributed by atoms with Gasteiger partial charge in [0.05, 0.1) is 0 Å². The molecule has 1 aromatic heterocycles. The van der Waals surface area contributed by atoms with Gasteiger partial charge in [0.1, 0.15) is 29.5 Å². The molecule has 0 bridgehead atoms. The van der Waals surface area contributed by atoms with Crippen LogP contribution in [0.15, 0.2) is 30.6 Å². The lowest BCUT2D eigenvalue weighted by molar-refractivity contribution is 0.450. The van der Waals surface area contributed by atoms with Gasteiger partial charge < -0.3 is 10.2 Å². The van der Waals surface area contributed by atoms with E-state index in [4.69, 9.17) is 10.2 Å². The molecule has 0 radical (unpaired) electrons. The van der Waals surface area contributed by atoms with E-state index in [0.717, 1.165) is 24.5 Å². The van der Waals surface area contributed by atoms with E-state index >= 15 is 0 Å². The van der Waals surface area contributed by atoms with E-state index in [9.17, 15) is 0 Å². The van der Waals surface area contributed by atoms with Crippen molar-refractivity contribution >= 4 is 0 Å². The number of aromatic nitrogens is 3. The van der Waals surface area contributed by atoms with Crippen molar-refractivity contribution in [1.29, 1.82) is 0 Å². The van der Waals surface area contributed by atoms with Crippen molar-refractivity contribution in [2.75, 3.05) is 0 Å². The summed E-state index contributed by atoms with van der Waals surface area (Å²) < 4.78 is 0. The summed E-state index contributed by atoms with van der Waals surface area (Å²) in [5.41, 5.74) is 0. The van der Waals surface area contributed by atoms with Gasteiger partial charge in [-0.15, -0.1) is 0 Å². The number of aromatic hydroxyl groups is 2. The van der Waals surface area contributed by atoms with Crippen molar-refractivity contribution in [3.05, 3.63) is 42.2 Å². The van der Waals surface area contributed by atoms with Gasteiger partial charge in [0.15, 0.2) is 0 Å². The zero-order valence-corrected chi connectivity index (χ0v) is 14.8. The Balaban J connectivity index is 0.000000300. The standard InChI is InChI=1S/C13H23N3.C6H6O2/c1-3-5-7-9-12-14-11-15-13(16-12)10-8-6-4-2;7-5-2-1-3-6(8)4-5/h11H,3-10H2,1-2H3;1-4,7-8H. The predicted octanol–water partition coefficient (Wildman–Crippen LogP) is 4.43. The molecule has 0 aliphatic rings. The molecule has 2 aromatic rings. The maximum atomic E-state index is 8.65. The van der Waals surface area contributed by atoms with Crippen LogP contribution < -0.4 is 0 Å². The van der Waals surface area contributed by atoms with E-state index in [0.29, 0.717) is 0 Å². The monoisotopic (exact) mass is 331 g/mol. The van der Waals surface area contributed by atoms with Crippen LogP contribution in [-0.2, 0) is 12.8 Å². The average Bonchev–Trinajstić information content (AvgIpc) is 2.56. The van der Waals surface area contributed by atoms with Crippen molar-refractivity contribution in [1.82, 2.24) is 15.0 Å². The molecule has 5 heteroatoms. The van der Waals surface area contributed by atoms with Crippen LogP contribution in [0.3, 0.4) is 0 Å². The van der Waals surface area contributed by atoms with E-state index in [1.54, 1.807) is 12.4 Å². The average molecular weight is 331 g/mol. The van der Waals surface area contributed by atoms with Crippen LogP contribution in [0.1, 0.15) is 64.0 Å². The van der Waals surface area contributed by atoms with Crippen molar-refractivity contribution in [3.8, 4) is 11.5 Å². The first-order chi connectivity index (χ1) is 11.7. The molecule has 2 N–H and O–H groups in total. The summed E-state index contributed by atoms with van der Waals surface area (Å²) in [5, 5.41) is 17.3. The third kappa shape index (κ3) is 9.08. The second kappa shape index (κ2) is 12.3. The molecule has 0 aliphatic heterocycles. The molecule has 0 spiro atoms. The number of hydrogen-bond donors (Lipinski definition) is 2. The molecule has 1 heterocycles. The first kappa shape index (κ1) is 19.9. The minimum absolute atomic E-state index is 0.0880. The van der Waals surface area contributed by atoms with Crippen LogP contribution in [0, 0.1) is 0 Å². The van der Waals surface area contributed by atoms with Crippen LogP contribution in [-0.4, -0.2) is 25.2 Å². The molecule has 132 valence electrons. The van der Waals surface area contributed by atoms with Crippen molar-refractivity contribution in [2.24, 2.45) is 0 Å². The molecule has 5 nitrogen and oxygen atoms in total. The quantitative estimate of drug-likeness (QED) is 0.699. The molecule has 0 atom stereocenters. The van der Waals surface area contributed by atoms with Gasteiger partial charge in [0, 0.05) is 18.9 Å². The number of unbranched alkanes of at least 4 members (excludes halogenated alkanes) is 4. The molecule has 0 amide bonds. The second-order valence-electron chi connectivity index (χ2n) is 5.75. The molecule has 1 aromatic carbocycles. The third-order valence-corrected chi connectivity index (χ3v) is 3.51. The number of phenolic OH excluding ortho intramolecular Hbond substituents is 2. The van der Waals surface area contributed by atoms with Gasteiger partial charge in [-0.05, 0) is 25.0 Å². The van der Waals surface area contributed by atoms with Crippen LogP contribution in [0.25, 0.3) is 0 Å². The highest BCUT2D eigenvalue weighted by Gasteiger charge is 2.00. The highest BCUT2D eigenvalue weighted by atomic mass is 16.3. The maximum absolute atomic E-state index is 8.65. The smallest absolute Gasteiger partial charge is 0.132 e. The summed E-state index contributed by atoms with van der Waals surface area (Å²) in [7, 11) is 0. The SMILES string of the molecule is CCCCCc1ncnc(CCCCC)n1.Oc1cccc(O)c1. The van der Waals surface area contributed by atoms with Crippen LogP contribution in [0.5, 0.6) is 11.5 Å². The van der Waals surface area contributed by atoms with Crippen molar-refractivity contribution in [3.63, 3.8) is 0 Å². The highest BCUT2D eigenvalue weighted by molar-refractivity contribution is 5.30. The van der Waals surface area contributed by atoms with Crippen LogP contribution in [0.4, 0.5) is 0 Å². The fraction of sp³-hybridized carbons (Fsp3) is 0.526. The van der Waals surface area contributed by atoms with Gasteiger partial charge >= 0.3 is 0 Å². The molecular formula is C19H29N3O2. The van der Waals surface area contributed by atoms with Crippen LogP contribution in [0.2, 0.25) is 0 Å². The van der Waals surface area contributed by atoms with E-state index in [-0.39, 0.29) is 11.5 Å². The van der Waals surface area contributed by atoms with E-state index in [1.807, 2.05) is 0 Å². The summed E-state index contributed by atoms with van der Waals surface area (Å²) in [6, 6.07) is 5.85. The van der Waals surface area contributed by atoms with Gasteiger partial charge in [-0.1, -0.05) is 45.6 Å². The molecule has 0 saturated heterocycles. The molecule has 0 saturated carbocycles. The van der Waals surface area contributed by atoms with Gasteiger partial charge in [-0.25, -0.2) is 15.0 Å². The topological polar surface area (TPSA) is 79.1 Å². The lowest BCUT2D eigenvalue weighted by Gasteiger charge is -2.02.